The third-order valence-corrected chi connectivity index (χ3v) is 4.34. The van der Waals surface area contributed by atoms with Crippen LogP contribution in [-0.4, -0.2) is 5.91 Å². The Hall–Kier alpha value is -3.27. The first-order valence-electron chi connectivity index (χ1n) is 7.70. The number of carbonyl (C=O) groups is 1. The lowest BCUT2D eigenvalue weighted by molar-refractivity contribution is 0.0999. The van der Waals surface area contributed by atoms with Crippen molar-refractivity contribution in [2.75, 3.05) is 5.73 Å². The lowest BCUT2D eigenvalue weighted by atomic mass is 9.80. The zero-order chi connectivity index (χ0) is 16.7. The van der Waals surface area contributed by atoms with E-state index in [0.29, 0.717) is 17.0 Å². The summed E-state index contributed by atoms with van der Waals surface area (Å²) in [6, 6.07) is 20.8. The van der Waals surface area contributed by atoms with Crippen LogP contribution in [0.3, 0.4) is 0 Å². The normalized spacial score (nSPS) is 15.1. The van der Waals surface area contributed by atoms with Gasteiger partial charge >= 0.3 is 0 Å². The van der Waals surface area contributed by atoms with Crippen molar-refractivity contribution < 1.29 is 9.53 Å². The summed E-state index contributed by atoms with van der Waals surface area (Å²) in [6.45, 7) is 0. The number of primary amides is 1. The van der Waals surface area contributed by atoms with Gasteiger partial charge in [-0.1, -0.05) is 42.5 Å². The van der Waals surface area contributed by atoms with Gasteiger partial charge in [-0.05, 0) is 23.8 Å². The molecule has 0 radical (unpaired) electrons. The molecule has 24 heavy (non-hydrogen) atoms. The van der Waals surface area contributed by atoms with E-state index in [2.05, 4.69) is 0 Å². The standard InChI is InChI=1S/C20H16N2O2/c21-12-9-10-16-18(11-12)24-17-8-4-3-7-15(17)19(16)13-5-1-2-6-14(13)20(22)23/h1-11,19H,21H2,(H2,22,23). The molecule has 1 aliphatic heterocycles. The van der Waals surface area contributed by atoms with Crippen molar-refractivity contribution >= 4 is 11.6 Å². The second kappa shape index (κ2) is 5.42. The monoisotopic (exact) mass is 316 g/mol. The summed E-state index contributed by atoms with van der Waals surface area (Å²) >= 11 is 0. The fraction of sp³-hybridized carbons (Fsp3) is 0.0500. The average Bonchev–Trinajstić information content (AvgIpc) is 2.59. The smallest absolute Gasteiger partial charge is 0.249 e. The van der Waals surface area contributed by atoms with Crippen LogP contribution in [0.5, 0.6) is 11.5 Å². The molecule has 4 nitrogen and oxygen atoms in total. The summed E-state index contributed by atoms with van der Waals surface area (Å²) in [6.07, 6.45) is 0. The average molecular weight is 316 g/mol. The summed E-state index contributed by atoms with van der Waals surface area (Å²) in [5.74, 6) is 0.902. The zero-order valence-corrected chi connectivity index (χ0v) is 12.9. The Kier molecular flexibility index (Phi) is 3.24. The van der Waals surface area contributed by atoms with Gasteiger partial charge in [0.1, 0.15) is 11.5 Å². The molecule has 1 aliphatic rings. The number of hydrogen-bond acceptors (Lipinski definition) is 3. The second-order valence-electron chi connectivity index (χ2n) is 5.82. The van der Waals surface area contributed by atoms with E-state index in [4.69, 9.17) is 16.2 Å². The summed E-state index contributed by atoms with van der Waals surface area (Å²) < 4.78 is 6.01. The number of anilines is 1. The molecular weight excluding hydrogens is 300 g/mol. The molecule has 0 fully saturated rings. The van der Waals surface area contributed by atoms with Gasteiger partial charge in [-0.2, -0.15) is 0 Å². The molecule has 1 atom stereocenters. The Bertz CT molecular complexity index is 950. The summed E-state index contributed by atoms with van der Waals surface area (Å²) in [4.78, 5) is 11.9. The van der Waals surface area contributed by atoms with Crippen LogP contribution < -0.4 is 16.2 Å². The molecule has 3 aromatic carbocycles. The van der Waals surface area contributed by atoms with Crippen LogP contribution in [0.4, 0.5) is 5.69 Å². The van der Waals surface area contributed by atoms with Gasteiger partial charge in [0.25, 0.3) is 0 Å². The van der Waals surface area contributed by atoms with Gasteiger partial charge in [-0.25, -0.2) is 0 Å². The first-order chi connectivity index (χ1) is 11.6. The van der Waals surface area contributed by atoms with Crippen molar-refractivity contribution in [2.24, 2.45) is 5.73 Å². The molecule has 0 saturated carbocycles. The van der Waals surface area contributed by atoms with Crippen molar-refractivity contribution in [3.8, 4) is 11.5 Å². The fourth-order valence-electron chi connectivity index (χ4n) is 3.28. The van der Waals surface area contributed by atoms with Gasteiger partial charge in [0, 0.05) is 34.4 Å². The van der Waals surface area contributed by atoms with Crippen LogP contribution in [0.15, 0.2) is 66.7 Å². The summed E-state index contributed by atoms with van der Waals surface area (Å²) in [5, 5.41) is 0. The molecule has 118 valence electrons. The number of hydrogen-bond donors (Lipinski definition) is 2. The predicted octanol–water partition coefficient (Wildman–Crippen LogP) is 3.65. The van der Waals surface area contributed by atoms with Gasteiger partial charge in [-0.3, -0.25) is 4.79 Å². The van der Waals surface area contributed by atoms with E-state index in [-0.39, 0.29) is 5.92 Å². The lowest BCUT2D eigenvalue weighted by Gasteiger charge is -2.29. The number of nitrogens with two attached hydrogens (primary N) is 2. The number of amides is 1. The minimum atomic E-state index is -0.438. The van der Waals surface area contributed by atoms with E-state index in [1.54, 1.807) is 6.07 Å². The number of rotatable bonds is 2. The van der Waals surface area contributed by atoms with E-state index >= 15 is 0 Å². The highest BCUT2D eigenvalue weighted by Crippen LogP contribution is 2.48. The Morgan fingerprint density at radius 2 is 1.50 bits per heavy atom. The van der Waals surface area contributed by atoms with E-state index in [0.717, 1.165) is 22.4 Å². The van der Waals surface area contributed by atoms with Crippen LogP contribution in [0, 0.1) is 0 Å². The summed E-state index contributed by atoms with van der Waals surface area (Å²) in [5.41, 5.74) is 15.5. The van der Waals surface area contributed by atoms with Crippen molar-refractivity contribution in [2.45, 2.75) is 5.92 Å². The Balaban J connectivity index is 2.01. The molecule has 4 heteroatoms. The Morgan fingerprint density at radius 1 is 0.833 bits per heavy atom. The van der Waals surface area contributed by atoms with Gasteiger partial charge in [0.05, 0.1) is 0 Å². The van der Waals surface area contributed by atoms with Crippen LogP contribution in [0.25, 0.3) is 0 Å². The Labute approximate surface area is 139 Å². The first kappa shape index (κ1) is 14.3. The number of nitrogen functional groups attached to an aromatic ring is 1. The van der Waals surface area contributed by atoms with E-state index in [9.17, 15) is 4.79 Å². The molecule has 0 spiro atoms. The molecular formula is C20H16N2O2. The lowest BCUT2D eigenvalue weighted by Crippen LogP contribution is -2.18. The van der Waals surface area contributed by atoms with Gasteiger partial charge in [-0.15, -0.1) is 0 Å². The predicted molar refractivity (Wildman–Crippen MR) is 93.3 cm³/mol. The molecule has 1 unspecified atom stereocenters. The minimum absolute atomic E-state index is 0.130. The molecule has 3 aromatic rings. The number of fused-ring (bicyclic) bond motifs is 2. The molecule has 1 heterocycles. The van der Waals surface area contributed by atoms with Crippen LogP contribution in [0.1, 0.15) is 33.0 Å². The third kappa shape index (κ3) is 2.20. The molecule has 0 aliphatic carbocycles. The van der Waals surface area contributed by atoms with Crippen LogP contribution in [0.2, 0.25) is 0 Å². The quantitative estimate of drug-likeness (QED) is 0.554. The highest BCUT2D eigenvalue weighted by atomic mass is 16.5. The van der Waals surface area contributed by atoms with Gasteiger partial charge < -0.3 is 16.2 Å². The maximum absolute atomic E-state index is 11.9. The fourth-order valence-corrected chi connectivity index (χ4v) is 3.28. The largest absolute Gasteiger partial charge is 0.457 e. The van der Waals surface area contributed by atoms with Crippen LogP contribution >= 0.6 is 0 Å². The maximum atomic E-state index is 11.9. The van der Waals surface area contributed by atoms with Crippen molar-refractivity contribution in [3.63, 3.8) is 0 Å². The SMILES string of the molecule is NC(=O)c1ccccc1C1c2ccccc2Oc2cc(N)ccc21. The maximum Gasteiger partial charge on any atom is 0.249 e. The van der Waals surface area contributed by atoms with E-state index < -0.39 is 5.91 Å². The van der Waals surface area contributed by atoms with Crippen molar-refractivity contribution in [1.82, 2.24) is 0 Å². The molecule has 4 rings (SSSR count). The number of para-hydroxylation sites is 1. The zero-order valence-electron chi connectivity index (χ0n) is 12.9. The van der Waals surface area contributed by atoms with E-state index in [1.165, 1.54) is 0 Å². The first-order valence-corrected chi connectivity index (χ1v) is 7.70. The third-order valence-electron chi connectivity index (χ3n) is 4.34. The van der Waals surface area contributed by atoms with E-state index in [1.807, 2.05) is 60.7 Å². The highest BCUT2D eigenvalue weighted by molar-refractivity contribution is 5.95. The molecule has 1 amide bonds. The minimum Gasteiger partial charge on any atom is -0.457 e. The molecule has 0 bridgehead atoms. The molecule has 0 saturated heterocycles. The Morgan fingerprint density at radius 3 is 2.29 bits per heavy atom. The van der Waals surface area contributed by atoms with Gasteiger partial charge in [0.2, 0.25) is 5.91 Å². The molecule has 0 aromatic heterocycles. The van der Waals surface area contributed by atoms with Crippen molar-refractivity contribution in [1.29, 1.82) is 0 Å². The second-order valence-corrected chi connectivity index (χ2v) is 5.82. The van der Waals surface area contributed by atoms with Gasteiger partial charge in [0.15, 0.2) is 0 Å². The van der Waals surface area contributed by atoms with Crippen molar-refractivity contribution in [3.05, 3.63) is 89.0 Å². The number of benzene rings is 3. The van der Waals surface area contributed by atoms with Crippen LogP contribution in [-0.2, 0) is 0 Å². The summed E-state index contributed by atoms with van der Waals surface area (Å²) in [7, 11) is 0. The molecule has 4 N–H and O–H groups in total. The highest BCUT2D eigenvalue weighted by Gasteiger charge is 2.30. The topological polar surface area (TPSA) is 78.3 Å². The number of carbonyl (C=O) groups excluding carboxylic acids is 1. The number of ether oxygens (including phenoxy) is 1.